The maximum Gasteiger partial charge on any atom is 0.347 e. The van der Waals surface area contributed by atoms with Gasteiger partial charge in [0.05, 0.1) is 11.6 Å². The van der Waals surface area contributed by atoms with Crippen molar-refractivity contribution >= 4 is 21.9 Å². The number of halogens is 1. The summed E-state index contributed by atoms with van der Waals surface area (Å²) in [5.74, 6) is 0.0789. The van der Waals surface area contributed by atoms with Gasteiger partial charge in [0.15, 0.2) is 6.10 Å². The lowest BCUT2D eigenvalue weighted by molar-refractivity contribution is -0.152. The van der Waals surface area contributed by atoms with Crippen molar-refractivity contribution < 1.29 is 14.3 Å². The summed E-state index contributed by atoms with van der Waals surface area (Å²) in [5.41, 5.74) is 1.44. The van der Waals surface area contributed by atoms with E-state index in [1.807, 2.05) is 30.3 Å². The van der Waals surface area contributed by atoms with E-state index in [-0.39, 0.29) is 6.61 Å². The van der Waals surface area contributed by atoms with Crippen molar-refractivity contribution in [1.82, 2.24) is 0 Å². The van der Waals surface area contributed by atoms with Gasteiger partial charge in [0.2, 0.25) is 0 Å². The molecule has 1 atom stereocenters. The van der Waals surface area contributed by atoms with Crippen molar-refractivity contribution in [2.75, 3.05) is 0 Å². The Balaban J connectivity index is 1.87. The van der Waals surface area contributed by atoms with Crippen molar-refractivity contribution in [2.24, 2.45) is 0 Å². The summed E-state index contributed by atoms with van der Waals surface area (Å²) in [6, 6.07) is 16.1. The molecule has 22 heavy (non-hydrogen) atoms. The number of ether oxygens (including phenoxy) is 2. The van der Waals surface area contributed by atoms with Crippen LogP contribution in [0.3, 0.4) is 0 Å². The molecule has 0 amide bonds. The Morgan fingerprint density at radius 2 is 2.00 bits per heavy atom. The average molecular weight is 360 g/mol. The molecule has 0 aliphatic carbocycles. The predicted molar refractivity (Wildman–Crippen MR) is 85.2 cm³/mol. The van der Waals surface area contributed by atoms with Crippen LogP contribution >= 0.6 is 15.9 Å². The second kappa shape index (κ2) is 7.62. The first-order chi connectivity index (χ1) is 10.6. The first kappa shape index (κ1) is 16.1. The second-order valence-electron chi connectivity index (χ2n) is 4.63. The third kappa shape index (κ3) is 4.61. The highest BCUT2D eigenvalue weighted by Gasteiger charge is 2.16. The van der Waals surface area contributed by atoms with Gasteiger partial charge in [0, 0.05) is 4.47 Å². The van der Waals surface area contributed by atoms with Gasteiger partial charge in [-0.05, 0) is 48.9 Å². The lowest BCUT2D eigenvalue weighted by atomic mass is 10.2. The molecule has 0 fully saturated rings. The quantitative estimate of drug-likeness (QED) is 0.761. The number of rotatable bonds is 5. The van der Waals surface area contributed by atoms with Crippen LogP contribution in [0.1, 0.15) is 18.1 Å². The van der Waals surface area contributed by atoms with Crippen molar-refractivity contribution in [3.63, 3.8) is 0 Å². The van der Waals surface area contributed by atoms with Crippen LogP contribution in [0.5, 0.6) is 5.75 Å². The van der Waals surface area contributed by atoms with Gasteiger partial charge in [-0.25, -0.2) is 4.79 Å². The number of hydrogen-bond acceptors (Lipinski definition) is 4. The Hall–Kier alpha value is -2.32. The standard InChI is InChI=1S/C17H14BrNO3/c1-12(22-16-7-5-13(10-19)6-8-16)17(20)21-11-14-3-2-4-15(18)9-14/h2-9,12H,11H2,1H3. The molecule has 112 valence electrons. The van der Waals surface area contributed by atoms with Crippen molar-refractivity contribution in [2.45, 2.75) is 19.6 Å². The minimum Gasteiger partial charge on any atom is -0.479 e. The molecule has 5 heteroatoms. The molecule has 0 heterocycles. The summed E-state index contributed by atoms with van der Waals surface area (Å²) in [4.78, 5) is 11.9. The maximum absolute atomic E-state index is 11.9. The highest BCUT2D eigenvalue weighted by Crippen LogP contribution is 2.15. The Kier molecular flexibility index (Phi) is 5.56. The molecule has 0 saturated heterocycles. The van der Waals surface area contributed by atoms with Gasteiger partial charge in [-0.3, -0.25) is 0 Å². The lowest BCUT2D eigenvalue weighted by Crippen LogP contribution is -2.26. The Labute approximate surface area is 137 Å². The number of carbonyl (C=O) groups is 1. The number of hydrogen-bond donors (Lipinski definition) is 0. The van der Waals surface area contributed by atoms with Crippen LogP contribution in [-0.4, -0.2) is 12.1 Å². The van der Waals surface area contributed by atoms with E-state index in [1.54, 1.807) is 31.2 Å². The highest BCUT2D eigenvalue weighted by atomic mass is 79.9. The minimum atomic E-state index is -0.722. The molecule has 0 bridgehead atoms. The lowest BCUT2D eigenvalue weighted by Gasteiger charge is -2.14. The Bertz CT molecular complexity index is 692. The topological polar surface area (TPSA) is 59.3 Å². The molecule has 4 nitrogen and oxygen atoms in total. The molecule has 0 saturated carbocycles. The van der Waals surface area contributed by atoms with Gasteiger partial charge in [-0.15, -0.1) is 0 Å². The molecule has 0 spiro atoms. The smallest absolute Gasteiger partial charge is 0.347 e. The van der Waals surface area contributed by atoms with Crippen LogP contribution in [0.2, 0.25) is 0 Å². The first-order valence-corrected chi connectivity index (χ1v) is 7.45. The molecule has 0 N–H and O–H groups in total. The molecule has 0 aromatic heterocycles. The van der Waals surface area contributed by atoms with E-state index in [0.29, 0.717) is 11.3 Å². The van der Waals surface area contributed by atoms with E-state index in [4.69, 9.17) is 14.7 Å². The highest BCUT2D eigenvalue weighted by molar-refractivity contribution is 9.10. The number of carbonyl (C=O) groups excluding carboxylic acids is 1. The fourth-order valence-corrected chi connectivity index (χ4v) is 2.21. The fourth-order valence-electron chi connectivity index (χ4n) is 1.76. The Morgan fingerprint density at radius 3 is 2.64 bits per heavy atom. The summed E-state index contributed by atoms with van der Waals surface area (Å²) >= 11 is 3.37. The maximum atomic E-state index is 11.9. The zero-order valence-corrected chi connectivity index (χ0v) is 13.5. The molecule has 0 aliphatic heterocycles. The van der Waals surface area contributed by atoms with E-state index < -0.39 is 12.1 Å². The minimum absolute atomic E-state index is 0.194. The number of nitrogens with zero attached hydrogens (tertiary/aromatic N) is 1. The van der Waals surface area contributed by atoms with Crippen LogP contribution in [-0.2, 0) is 16.1 Å². The summed E-state index contributed by atoms with van der Waals surface area (Å²) < 4.78 is 11.7. The third-order valence-corrected chi connectivity index (χ3v) is 3.39. The Morgan fingerprint density at radius 1 is 1.27 bits per heavy atom. The van der Waals surface area contributed by atoms with Gasteiger partial charge >= 0.3 is 5.97 Å². The summed E-state index contributed by atoms with van der Waals surface area (Å²) in [6.07, 6.45) is -0.722. The van der Waals surface area contributed by atoms with Crippen LogP contribution in [0.15, 0.2) is 53.0 Å². The largest absolute Gasteiger partial charge is 0.479 e. The molecule has 0 aliphatic rings. The fraction of sp³-hybridized carbons (Fsp3) is 0.176. The first-order valence-electron chi connectivity index (χ1n) is 6.66. The van der Waals surface area contributed by atoms with E-state index in [1.165, 1.54) is 0 Å². The van der Waals surface area contributed by atoms with Crippen LogP contribution in [0.25, 0.3) is 0 Å². The van der Waals surface area contributed by atoms with Crippen LogP contribution in [0, 0.1) is 11.3 Å². The van der Waals surface area contributed by atoms with Crippen LogP contribution < -0.4 is 4.74 Å². The molecular weight excluding hydrogens is 346 g/mol. The van der Waals surface area contributed by atoms with E-state index >= 15 is 0 Å². The summed E-state index contributed by atoms with van der Waals surface area (Å²) in [5, 5.41) is 8.73. The van der Waals surface area contributed by atoms with Gasteiger partial charge in [-0.1, -0.05) is 28.1 Å². The van der Waals surface area contributed by atoms with Crippen molar-refractivity contribution in [1.29, 1.82) is 5.26 Å². The van der Waals surface area contributed by atoms with E-state index in [9.17, 15) is 4.79 Å². The van der Waals surface area contributed by atoms with E-state index in [2.05, 4.69) is 15.9 Å². The summed E-state index contributed by atoms with van der Waals surface area (Å²) in [6.45, 7) is 1.82. The van der Waals surface area contributed by atoms with Gasteiger partial charge in [0.25, 0.3) is 0 Å². The SMILES string of the molecule is CC(Oc1ccc(C#N)cc1)C(=O)OCc1cccc(Br)c1. The van der Waals surface area contributed by atoms with E-state index in [0.717, 1.165) is 10.0 Å². The molecule has 0 radical (unpaired) electrons. The number of nitriles is 1. The molecule has 2 rings (SSSR count). The second-order valence-corrected chi connectivity index (χ2v) is 5.55. The average Bonchev–Trinajstić information content (AvgIpc) is 2.53. The molecule has 2 aromatic rings. The number of esters is 1. The van der Waals surface area contributed by atoms with Crippen molar-refractivity contribution in [3.05, 3.63) is 64.1 Å². The zero-order valence-electron chi connectivity index (χ0n) is 12.0. The third-order valence-electron chi connectivity index (χ3n) is 2.90. The predicted octanol–water partition coefficient (Wildman–Crippen LogP) is 3.83. The zero-order chi connectivity index (χ0) is 15.9. The normalized spacial score (nSPS) is 11.3. The number of benzene rings is 2. The van der Waals surface area contributed by atoms with Gasteiger partial charge in [-0.2, -0.15) is 5.26 Å². The van der Waals surface area contributed by atoms with Gasteiger partial charge in [0.1, 0.15) is 12.4 Å². The molecule has 2 aromatic carbocycles. The van der Waals surface area contributed by atoms with Crippen molar-refractivity contribution in [3.8, 4) is 11.8 Å². The van der Waals surface area contributed by atoms with Gasteiger partial charge < -0.3 is 9.47 Å². The monoisotopic (exact) mass is 359 g/mol. The molecule has 1 unspecified atom stereocenters. The summed E-state index contributed by atoms with van der Waals surface area (Å²) in [7, 11) is 0. The molecular formula is C17H14BrNO3. The van der Waals surface area contributed by atoms with Crippen LogP contribution in [0.4, 0.5) is 0 Å².